The number of aromatic nitrogens is 1. The van der Waals surface area contributed by atoms with Gasteiger partial charge in [-0.15, -0.1) is 0 Å². The first-order valence-electron chi connectivity index (χ1n) is 4.62. The van der Waals surface area contributed by atoms with E-state index in [1.165, 1.54) is 6.07 Å². The Bertz CT molecular complexity index is 462. The quantitative estimate of drug-likeness (QED) is 0.489. The molecule has 0 aromatic carbocycles. The maximum atomic E-state index is 11.1. The van der Waals surface area contributed by atoms with Gasteiger partial charge in [0, 0.05) is 6.92 Å². The van der Waals surface area contributed by atoms with Gasteiger partial charge in [0.05, 0.1) is 11.4 Å². The van der Waals surface area contributed by atoms with E-state index in [2.05, 4.69) is 9.72 Å². The van der Waals surface area contributed by atoms with Crippen molar-refractivity contribution in [2.75, 3.05) is 0 Å². The van der Waals surface area contributed by atoms with Crippen LogP contribution in [0.1, 0.15) is 18.9 Å². The average molecular weight is 297 g/mol. The molecule has 0 atom stereocenters. The minimum Gasteiger partial charge on any atom is -0.393 e. The molecule has 17 heavy (non-hydrogen) atoms. The average Bonchev–Trinajstić information content (AvgIpc) is 2.20. The molecule has 0 radical (unpaired) electrons. The number of hydrogen-bond acceptors (Lipinski definition) is 4. The van der Waals surface area contributed by atoms with E-state index in [0.29, 0.717) is 5.56 Å². The van der Waals surface area contributed by atoms with Gasteiger partial charge < -0.3 is 4.74 Å². The molecule has 0 aliphatic rings. The first-order valence-corrected chi connectivity index (χ1v) is 5.75. The zero-order chi connectivity index (χ0) is 13.0. The maximum Gasteiger partial charge on any atom is 0.313 e. The summed E-state index contributed by atoms with van der Waals surface area (Å²) in [6.45, 7) is 1.16. The number of esters is 2. The summed E-state index contributed by atoms with van der Waals surface area (Å²) in [6, 6.07) is 1.53. The fourth-order valence-corrected chi connectivity index (χ4v) is 1.70. The van der Waals surface area contributed by atoms with E-state index in [1.807, 2.05) is 0 Å². The highest BCUT2D eigenvalue weighted by molar-refractivity contribution is 6.42. The zero-order valence-corrected chi connectivity index (χ0v) is 11.1. The molecule has 92 valence electrons. The van der Waals surface area contributed by atoms with Crippen LogP contribution in [0.4, 0.5) is 0 Å². The molecule has 0 N–H and O–H groups in total. The molecule has 0 saturated carbocycles. The van der Waals surface area contributed by atoms with Crippen LogP contribution in [0.25, 0.3) is 0 Å². The summed E-state index contributed by atoms with van der Waals surface area (Å²) in [5.41, 5.74) is 0.571. The van der Waals surface area contributed by atoms with Crippen LogP contribution in [-0.4, -0.2) is 16.9 Å². The smallest absolute Gasteiger partial charge is 0.313 e. The lowest BCUT2D eigenvalue weighted by molar-refractivity contribution is -0.157. The van der Waals surface area contributed by atoms with Crippen LogP contribution in [0.3, 0.4) is 0 Å². The summed E-state index contributed by atoms with van der Waals surface area (Å²) >= 11 is 17.2. The van der Waals surface area contributed by atoms with Crippen molar-refractivity contribution in [1.29, 1.82) is 0 Å². The van der Waals surface area contributed by atoms with E-state index in [9.17, 15) is 9.59 Å². The van der Waals surface area contributed by atoms with Crippen LogP contribution < -0.4 is 0 Å². The molecule has 0 saturated heterocycles. The van der Waals surface area contributed by atoms with Crippen molar-refractivity contribution in [3.63, 3.8) is 0 Å². The Morgan fingerprint density at radius 1 is 1.29 bits per heavy atom. The Morgan fingerprint density at radius 3 is 2.53 bits per heavy atom. The normalized spacial score (nSPS) is 10.1. The van der Waals surface area contributed by atoms with E-state index >= 15 is 0 Å². The van der Waals surface area contributed by atoms with Gasteiger partial charge in [-0.2, -0.15) is 0 Å². The van der Waals surface area contributed by atoms with E-state index in [0.717, 1.165) is 6.92 Å². The molecule has 0 spiro atoms. The monoisotopic (exact) mass is 295 g/mol. The van der Waals surface area contributed by atoms with Gasteiger partial charge in [0.1, 0.15) is 10.3 Å². The van der Waals surface area contributed by atoms with Crippen molar-refractivity contribution >= 4 is 46.7 Å². The standard InChI is InChI=1S/C10H8Cl3NO3/c1-5(15)17-8(16)3-2-6-4-7(11)10(13)14-9(6)12/h4H,2-3H2,1H3. The maximum absolute atomic E-state index is 11.1. The summed E-state index contributed by atoms with van der Waals surface area (Å²) in [5.74, 6) is -1.27. The molecule has 1 aromatic heterocycles. The van der Waals surface area contributed by atoms with E-state index in [4.69, 9.17) is 34.8 Å². The summed E-state index contributed by atoms with van der Waals surface area (Å²) in [7, 11) is 0. The Hall–Kier alpha value is -0.840. The molecule has 1 heterocycles. The van der Waals surface area contributed by atoms with Crippen LogP contribution in [-0.2, 0) is 20.7 Å². The molecule has 0 amide bonds. The van der Waals surface area contributed by atoms with Gasteiger partial charge in [0.2, 0.25) is 0 Å². The molecule has 0 unspecified atom stereocenters. The summed E-state index contributed by atoms with van der Waals surface area (Å²) in [6.07, 6.45) is 0.285. The van der Waals surface area contributed by atoms with Crippen molar-refractivity contribution in [1.82, 2.24) is 4.98 Å². The van der Waals surface area contributed by atoms with Gasteiger partial charge in [0.25, 0.3) is 0 Å². The molecule has 0 fully saturated rings. The molecule has 0 bridgehead atoms. The molecule has 7 heteroatoms. The third kappa shape index (κ3) is 4.50. The topological polar surface area (TPSA) is 56.3 Å². The number of halogens is 3. The number of ether oxygens (including phenoxy) is 1. The Morgan fingerprint density at radius 2 is 1.94 bits per heavy atom. The lowest BCUT2D eigenvalue weighted by Crippen LogP contribution is -2.10. The Kier molecular flexibility index (Phi) is 5.18. The van der Waals surface area contributed by atoms with Gasteiger partial charge in [-0.05, 0) is 18.1 Å². The second kappa shape index (κ2) is 6.19. The van der Waals surface area contributed by atoms with Crippen LogP contribution in [0.2, 0.25) is 15.3 Å². The van der Waals surface area contributed by atoms with E-state index in [1.54, 1.807) is 0 Å². The number of aryl methyl sites for hydroxylation is 1. The number of hydrogen-bond donors (Lipinski definition) is 0. The first kappa shape index (κ1) is 14.2. The number of nitrogens with zero attached hydrogens (tertiary/aromatic N) is 1. The van der Waals surface area contributed by atoms with Crippen LogP contribution in [0.5, 0.6) is 0 Å². The number of carbonyl (C=O) groups is 2. The highest BCUT2D eigenvalue weighted by atomic mass is 35.5. The number of carbonyl (C=O) groups excluding carboxylic acids is 2. The van der Waals surface area contributed by atoms with E-state index < -0.39 is 11.9 Å². The third-order valence-corrected chi connectivity index (χ3v) is 2.82. The highest BCUT2D eigenvalue weighted by Gasteiger charge is 2.11. The van der Waals surface area contributed by atoms with Gasteiger partial charge in [-0.1, -0.05) is 34.8 Å². The molecule has 4 nitrogen and oxygen atoms in total. The molecular weight excluding hydrogens is 288 g/mol. The van der Waals surface area contributed by atoms with Gasteiger partial charge in [-0.3, -0.25) is 9.59 Å². The molecule has 0 aliphatic carbocycles. The number of pyridine rings is 1. The molecule has 1 aromatic rings. The highest BCUT2D eigenvalue weighted by Crippen LogP contribution is 2.26. The zero-order valence-electron chi connectivity index (χ0n) is 8.80. The minimum atomic E-state index is -0.645. The first-order chi connectivity index (χ1) is 7.90. The molecule has 0 aliphatic heterocycles. The largest absolute Gasteiger partial charge is 0.393 e. The SMILES string of the molecule is CC(=O)OC(=O)CCc1cc(Cl)c(Cl)nc1Cl. The second-order valence-corrected chi connectivity index (χ2v) is 4.30. The lowest BCUT2D eigenvalue weighted by Gasteiger charge is -2.04. The Labute approximate surface area is 113 Å². The van der Waals surface area contributed by atoms with E-state index in [-0.39, 0.29) is 28.2 Å². The summed E-state index contributed by atoms with van der Waals surface area (Å²) in [5, 5.41) is 0.535. The lowest BCUT2D eigenvalue weighted by atomic mass is 10.1. The Balaban J connectivity index is 2.66. The summed E-state index contributed by atoms with van der Waals surface area (Å²) in [4.78, 5) is 25.4. The molecular formula is C10H8Cl3NO3. The third-order valence-electron chi connectivity index (χ3n) is 1.82. The summed E-state index contributed by atoms with van der Waals surface area (Å²) < 4.78 is 4.37. The number of rotatable bonds is 3. The van der Waals surface area contributed by atoms with Crippen molar-refractivity contribution < 1.29 is 14.3 Å². The van der Waals surface area contributed by atoms with Crippen molar-refractivity contribution in [3.8, 4) is 0 Å². The van der Waals surface area contributed by atoms with Crippen LogP contribution in [0.15, 0.2) is 6.07 Å². The predicted octanol–water partition coefficient (Wildman–Crippen LogP) is 3.06. The van der Waals surface area contributed by atoms with Gasteiger partial charge >= 0.3 is 11.9 Å². The van der Waals surface area contributed by atoms with Crippen LogP contribution in [0, 0.1) is 0 Å². The van der Waals surface area contributed by atoms with Crippen LogP contribution >= 0.6 is 34.8 Å². The van der Waals surface area contributed by atoms with Gasteiger partial charge in [-0.25, -0.2) is 4.98 Å². The van der Waals surface area contributed by atoms with Crippen molar-refractivity contribution in [2.24, 2.45) is 0 Å². The second-order valence-electron chi connectivity index (χ2n) is 3.18. The minimum absolute atomic E-state index is 0.0128. The predicted molar refractivity (Wildman–Crippen MR) is 64.4 cm³/mol. The van der Waals surface area contributed by atoms with Crippen molar-refractivity contribution in [3.05, 3.63) is 27.0 Å². The fraction of sp³-hybridized carbons (Fsp3) is 0.300. The fourth-order valence-electron chi connectivity index (χ4n) is 1.11. The molecule has 1 rings (SSSR count). The van der Waals surface area contributed by atoms with Gasteiger partial charge in [0.15, 0.2) is 0 Å². The van der Waals surface area contributed by atoms with Crippen molar-refractivity contribution in [2.45, 2.75) is 19.8 Å².